The predicted octanol–water partition coefficient (Wildman–Crippen LogP) is 2.09. The topological polar surface area (TPSA) is 74.0 Å². The summed E-state index contributed by atoms with van der Waals surface area (Å²) in [5.41, 5.74) is 2.54. The minimum Gasteiger partial charge on any atom is -0.338 e. The van der Waals surface area contributed by atoms with Gasteiger partial charge < -0.3 is 15.6 Å². The molecule has 0 saturated heterocycles. The lowest BCUT2D eigenvalue weighted by Gasteiger charge is -2.07. The van der Waals surface area contributed by atoms with Crippen molar-refractivity contribution in [3.63, 3.8) is 0 Å². The normalized spacial score (nSPS) is 10.6. The van der Waals surface area contributed by atoms with Crippen molar-refractivity contribution in [1.82, 2.24) is 15.6 Å². The molecule has 0 atom stereocenters. The molecule has 1 aromatic heterocycles. The second-order valence-corrected chi connectivity index (χ2v) is 5.15. The van der Waals surface area contributed by atoms with E-state index in [2.05, 4.69) is 15.6 Å². The second-order valence-electron chi connectivity index (χ2n) is 5.15. The third-order valence-corrected chi connectivity index (χ3v) is 3.29. The van der Waals surface area contributed by atoms with Gasteiger partial charge in [0.15, 0.2) is 0 Å². The molecule has 2 aromatic rings. The highest BCUT2D eigenvalue weighted by Gasteiger charge is 2.04. The zero-order valence-electron chi connectivity index (χ0n) is 12.5. The van der Waals surface area contributed by atoms with Crippen molar-refractivity contribution in [3.8, 4) is 0 Å². The van der Waals surface area contributed by atoms with Gasteiger partial charge in [0.1, 0.15) is 0 Å². The highest BCUT2D eigenvalue weighted by Crippen LogP contribution is 2.13. The van der Waals surface area contributed by atoms with Crippen molar-refractivity contribution in [2.24, 2.45) is 0 Å². The summed E-state index contributed by atoms with van der Waals surface area (Å²) < 4.78 is 0. The average molecular weight is 287 g/mol. The summed E-state index contributed by atoms with van der Waals surface area (Å²) in [6.45, 7) is 5.08. The van der Waals surface area contributed by atoms with Gasteiger partial charge in [-0.25, -0.2) is 4.79 Å². The number of nitrogens with one attached hydrogen (secondary N) is 3. The Labute approximate surface area is 123 Å². The molecular weight excluding hydrogens is 266 g/mol. The van der Waals surface area contributed by atoms with E-state index in [0.717, 1.165) is 22.9 Å². The lowest BCUT2D eigenvalue weighted by atomic mass is 10.1. The van der Waals surface area contributed by atoms with Gasteiger partial charge in [-0.05, 0) is 42.8 Å². The molecule has 0 fully saturated rings. The number of amides is 2. The summed E-state index contributed by atoms with van der Waals surface area (Å²) in [6, 6.07) is 7.66. The minimum atomic E-state index is -0.190. The van der Waals surface area contributed by atoms with Crippen LogP contribution in [-0.4, -0.2) is 24.1 Å². The number of carbonyl (C=O) groups is 1. The van der Waals surface area contributed by atoms with E-state index in [1.54, 1.807) is 0 Å². The number of pyridine rings is 1. The first-order chi connectivity index (χ1) is 10.1. The highest BCUT2D eigenvalue weighted by atomic mass is 16.2. The third kappa shape index (κ3) is 4.08. The number of H-pyrrole nitrogens is 1. The van der Waals surface area contributed by atoms with Crippen molar-refractivity contribution in [2.75, 3.05) is 13.1 Å². The van der Waals surface area contributed by atoms with Crippen LogP contribution in [-0.2, 0) is 6.42 Å². The molecule has 0 radical (unpaired) electrons. The zero-order chi connectivity index (χ0) is 15.2. The number of fused-ring (bicyclic) bond motifs is 1. The van der Waals surface area contributed by atoms with E-state index in [1.165, 1.54) is 0 Å². The molecule has 1 heterocycles. The first kappa shape index (κ1) is 15.1. The molecule has 0 unspecified atom stereocenters. The molecule has 0 bridgehead atoms. The summed E-state index contributed by atoms with van der Waals surface area (Å²) in [4.78, 5) is 26.3. The summed E-state index contributed by atoms with van der Waals surface area (Å²) >= 11 is 0. The van der Waals surface area contributed by atoms with Crippen molar-refractivity contribution >= 4 is 16.9 Å². The Bertz CT molecular complexity index is 691. The molecule has 0 aliphatic carbocycles. The Balaban J connectivity index is 2.02. The number of hydrogen-bond donors (Lipinski definition) is 3. The molecule has 5 nitrogen and oxygen atoms in total. The molecule has 0 aliphatic rings. The monoisotopic (exact) mass is 287 g/mol. The Morgan fingerprint density at radius 3 is 2.71 bits per heavy atom. The lowest BCUT2D eigenvalue weighted by molar-refractivity contribution is 0.241. The van der Waals surface area contributed by atoms with Gasteiger partial charge in [0.2, 0.25) is 0 Å². The molecule has 112 valence electrons. The SMILES string of the molecule is CCCNC(=O)NCCc1cc2ccc(C)cc2[nH]c1=O. The van der Waals surface area contributed by atoms with Crippen LogP contribution in [0.3, 0.4) is 0 Å². The lowest BCUT2D eigenvalue weighted by Crippen LogP contribution is -2.37. The summed E-state index contributed by atoms with van der Waals surface area (Å²) in [7, 11) is 0. The number of aryl methyl sites for hydroxylation is 1. The number of urea groups is 1. The van der Waals surface area contributed by atoms with Gasteiger partial charge in [-0.2, -0.15) is 0 Å². The van der Waals surface area contributed by atoms with Crippen LogP contribution in [0.1, 0.15) is 24.5 Å². The van der Waals surface area contributed by atoms with E-state index < -0.39 is 0 Å². The fourth-order valence-electron chi connectivity index (χ4n) is 2.16. The highest BCUT2D eigenvalue weighted by molar-refractivity contribution is 5.79. The fourth-order valence-corrected chi connectivity index (χ4v) is 2.16. The van der Waals surface area contributed by atoms with E-state index >= 15 is 0 Å². The molecule has 2 amide bonds. The Hall–Kier alpha value is -2.30. The van der Waals surface area contributed by atoms with E-state index in [1.807, 2.05) is 38.1 Å². The van der Waals surface area contributed by atoms with E-state index in [4.69, 9.17) is 0 Å². The summed E-state index contributed by atoms with van der Waals surface area (Å²) in [6.07, 6.45) is 1.41. The minimum absolute atomic E-state index is 0.0936. The largest absolute Gasteiger partial charge is 0.338 e. The maximum atomic E-state index is 12.0. The van der Waals surface area contributed by atoms with Crippen LogP contribution >= 0.6 is 0 Å². The Morgan fingerprint density at radius 2 is 1.95 bits per heavy atom. The van der Waals surface area contributed by atoms with Crippen LogP contribution in [0, 0.1) is 6.92 Å². The molecule has 2 rings (SSSR count). The van der Waals surface area contributed by atoms with Crippen LogP contribution in [0.4, 0.5) is 4.79 Å². The van der Waals surface area contributed by atoms with Gasteiger partial charge >= 0.3 is 6.03 Å². The molecule has 5 heteroatoms. The van der Waals surface area contributed by atoms with Crippen LogP contribution in [0.5, 0.6) is 0 Å². The van der Waals surface area contributed by atoms with Gasteiger partial charge in [0.25, 0.3) is 5.56 Å². The molecule has 3 N–H and O–H groups in total. The summed E-state index contributed by atoms with van der Waals surface area (Å²) in [5, 5.41) is 6.49. The first-order valence-electron chi connectivity index (χ1n) is 7.24. The van der Waals surface area contributed by atoms with Crippen LogP contribution < -0.4 is 16.2 Å². The number of aromatic nitrogens is 1. The van der Waals surface area contributed by atoms with E-state index in [9.17, 15) is 9.59 Å². The number of rotatable bonds is 5. The van der Waals surface area contributed by atoms with Crippen molar-refractivity contribution < 1.29 is 4.79 Å². The van der Waals surface area contributed by atoms with Crippen molar-refractivity contribution in [1.29, 1.82) is 0 Å². The smallest absolute Gasteiger partial charge is 0.314 e. The fraction of sp³-hybridized carbons (Fsp3) is 0.375. The molecule has 0 saturated carbocycles. The molecule has 21 heavy (non-hydrogen) atoms. The number of hydrogen-bond acceptors (Lipinski definition) is 2. The van der Waals surface area contributed by atoms with Gasteiger partial charge in [-0.1, -0.05) is 19.1 Å². The molecule has 1 aromatic carbocycles. The third-order valence-electron chi connectivity index (χ3n) is 3.29. The standard InChI is InChI=1S/C16H21N3O2/c1-3-7-17-16(21)18-8-6-13-10-12-5-4-11(2)9-14(12)19-15(13)20/h4-5,9-10H,3,6-8H2,1-2H3,(H,19,20)(H2,17,18,21). The van der Waals surface area contributed by atoms with Gasteiger partial charge in [0, 0.05) is 24.2 Å². The second kappa shape index (κ2) is 6.92. The Morgan fingerprint density at radius 1 is 1.19 bits per heavy atom. The van der Waals surface area contributed by atoms with Crippen LogP contribution in [0.15, 0.2) is 29.1 Å². The number of benzene rings is 1. The molecular formula is C16H21N3O2. The number of carbonyl (C=O) groups excluding carboxylic acids is 1. The van der Waals surface area contributed by atoms with E-state index in [-0.39, 0.29) is 11.6 Å². The quantitative estimate of drug-likeness (QED) is 0.787. The van der Waals surface area contributed by atoms with Crippen LogP contribution in [0.2, 0.25) is 0 Å². The molecule has 0 spiro atoms. The zero-order valence-corrected chi connectivity index (χ0v) is 12.5. The maximum absolute atomic E-state index is 12.0. The summed E-state index contributed by atoms with van der Waals surface area (Å²) in [5.74, 6) is 0. The Kier molecular flexibility index (Phi) is 4.98. The number of aromatic amines is 1. The van der Waals surface area contributed by atoms with Gasteiger partial charge in [-0.3, -0.25) is 4.79 Å². The molecule has 0 aliphatic heterocycles. The predicted molar refractivity (Wildman–Crippen MR) is 84.7 cm³/mol. The van der Waals surface area contributed by atoms with Crippen LogP contribution in [0.25, 0.3) is 10.9 Å². The maximum Gasteiger partial charge on any atom is 0.314 e. The van der Waals surface area contributed by atoms with Crippen molar-refractivity contribution in [2.45, 2.75) is 26.7 Å². The first-order valence-corrected chi connectivity index (χ1v) is 7.24. The van der Waals surface area contributed by atoms with Gasteiger partial charge in [-0.15, -0.1) is 0 Å². The van der Waals surface area contributed by atoms with E-state index in [0.29, 0.717) is 25.1 Å². The van der Waals surface area contributed by atoms with Gasteiger partial charge in [0.05, 0.1) is 0 Å². The van der Waals surface area contributed by atoms with Crippen molar-refractivity contribution in [3.05, 3.63) is 45.7 Å². The average Bonchev–Trinajstić information content (AvgIpc) is 2.45.